The third-order valence-corrected chi connectivity index (χ3v) is 7.30. The number of hydrogen-bond donors (Lipinski definition) is 2. The number of hydrogen-bond acceptors (Lipinski definition) is 8. The molecule has 10 nitrogen and oxygen atoms in total. The first kappa shape index (κ1) is 21.7. The molecule has 1 atom stereocenters. The van der Waals surface area contributed by atoms with E-state index in [1.54, 1.807) is 23.9 Å². The summed E-state index contributed by atoms with van der Waals surface area (Å²) in [4.78, 5) is 38.7. The first-order valence-electron chi connectivity index (χ1n) is 11.4. The minimum atomic E-state index is -0.0132. The Balaban J connectivity index is 1.18. The number of nitrogens with zero attached hydrogens (tertiary/aromatic N) is 7. The summed E-state index contributed by atoms with van der Waals surface area (Å²) in [6.07, 6.45) is 3.39. The van der Waals surface area contributed by atoms with E-state index in [-0.39, 0.29) is 25.1 Å². The third-order valence-electron chi connectivity index (χ3n) is 6.42. The average molecular weight is 489 g/mol. The van der Waals surface area contributed by atoms with E-state index >= 15 is 0 Å². The number of nitrogens with one attached hydrogen (secondary N) is 1. The van der Waals surface area contributed by atoms with Gasteiger partial charge in [-0.1, -0.05) is 6.07 Å². The summed E-state index contributed by atoms with van der Waals surface area (Å²) < 4.78 is 1.81. The number of aliphatic hydroxyl groups is 1. The molecule has 5 heterocycles. The van der Waals surface area contributed by atoms with Crippen molar-refractivity contribution in [1.82, 2.24) is 34.4 Å². The van der Waals surface area contributed by atoms with Gasteiger partial charge in [0.15, 0.2) is 11.5 Å². The van der Waals surface area contributed by atoms with E-state index in [1.165, 1.54) is 0 Å². The van der Waals surface area contributed by atoms with Gasteiger partial charge in [0.2, 0.25) is 5.91 Å². The van der Waals surface area contributed by atoms with Gasteiger partial charge in [-0.05, 0) is 36.8 Å². The number of H-pyrrole nitrogens is 1. The Morgan fingerprint density at radius 2 is 2.11 bits per heavy atom. The number of pyridine rings is 1. The standard InChI is InChI=1S/C24H24N8O2S/c1-15-10-30(7-8-32(15)20(34)11-31-13-26-18-3-2-6-25-23(18)31)24-21(27-14-35-24)22-28-17-5-4-16(12-33)9-19(17)29-22/h2-6,9,13-15,33H,7-8,10-12H2,1H3,(H,28,29)/t15-/m1/s1. The summed E-state index contributed by atoms with van der Waals surface area (Å²) in [5, 5.41) is 10.5. The molecular weight excluding hydrogens is 464 g/mol. The summed E-state index contributed by atoms with van der Waals surface area (Å²) in [7, 11) is 0. The molecule has 0 unspecified atom stereocenters. The Kier molecular flexibility index (Phi) is 5.42. The molecule has 178 valence electrons. The molecule has 1 fully saturated rings. The van der Waals surface area contributed by atoms with Crippen molar-refractivity contribution in [2.45, 2.75) is 26.1 Å². The molecule has 0 saturated carbocycles. The first-order chi connectivity index (χ1) is 17.1. The lowest BCUT2D eigenvalue weighted by Gasteiger charge is -2.40. The monoisotopic (exact) mass is 488 g/mol. The van der Waals surface area contributed by atoms with Gasteiger partial charge in [0.05, 0.1) is 29.5 Å². The van der Waals surface area contributed by atoms with E-state index in [2.05, 4.69) is 31.8 Å². The van der Waals surface area contributed by atoms with Crippen LogP contribution in [0.1, 0.15) is 12.5 Å². The molecule has 1 saturated heterocycles. The fourth-order valence-electron chi connectivity index (χ4n) is 4.66. The predicted molar refractivity (Wildman–Crippen MR) is 134 cm³/mol. The van der Waals surface area contributed by atoms with E-state index in [0.717, 1.165) is 38.5 Å². The highest BCUT2D eigenvalue weighted by molar-refractivity contribution is 7.14. The third kappa shape index (κ3) is 3.92. The molecular formula is C24H24N8O2S. The van der Waals surface area contributed by atoms with Gasteiger partial charge in [-0.25, -0.2) is 19.9 Å². The van der Waals surface area contributed by atoms with Crippen molar-refractivity contribution in [3.05, 3.63) is 53.9 Å². The number of thiazole rings is 1. The Morgan fingerprint density at radius 1 is 1.20 bits per heavy atom. The summed E-state index contributed by atoms with van der Waals surface area (Å²) in [6, 6.07) is 9.45. The number of carbonyl (C=O) groups is 1. The van der Waals surface area contributed by atoms with Crippen molar-refractivity contribution in [2.24, 2.45) is 0 Å². The molecule has 35 heavy (non-hydrogen) atoms. The number of anilines is 1. The van der Waals surface area contributed by atoms with E-state index < -0.39 is 0 Å². The highest BCUT2D eigenvalue weighted by Gasteiger charge is 2.30. The molecule has 0 aliphatic carbocycles. The maximum Gasteiger partial charge on any atom is 0.242 e. The van der Waals surface area contributed by atoms with Crippen LogP contribution < -0.4 is 4.90 Å². The summed E-state index contributed by atoms with van der Waals surface area (Å²) in [5.41, 5.74) is 6.68. The van der Waals surface area contributed by atoms with Crippen LogP contribution in [0.25, 0.3) is 33.7 Å². The van der Waals surface area contributed by atoms with Crippen LogP contribution in [-0.2, 0) is 17.9 Å². The molecule has 4 aromatic heterocycles. The highest BCUT2D eigenvalue weighted by Crippen LogP contribution is 2.34. The molecule has 2 N–H and O–H groups in total. The quantitative estimate of drug-likeness (QED) is 0.391. The fraction of sp³-hybridized carbons (Fsp3) is 0.292. The van der Waals surface area contributed by atoms with Crippen molar-refractivity contribution >= 4 is 44.4 Å². The smallest absolute Gasteiger partial charge is 0.242 e. The minimum absolute atomic E-state index is 0.0132. The maximum absolute atomic E-state index is 13.1. The van der Waals surface area contributed by atoms with Gasteiger partial charge in [-0.3, -0.25) is 4.79 Å². The molecule has 6 rings (SSSR count). The van der Waals surface area contributed by atoms with Crippen LogP contribution in [0.4, 0.5) is 5.00 Å². The molecule has 11 heteroatoms. The van der Waals surface area contributed by atoms with Crippen molar-refractivity contribution in [2.75, 3.05) is 24.5 Å². The zero-order valence-corrected chi connectivity index (χ0v) is 19.9. The van der Waals surface area contributed by atoms with Gasteiger partial charge in [0.25, 0.3) is 0 Å². The van der Waals surface area contributed by atoms with E-state index in [0.29, 0.717) is 25.5 Å². The Labute approximate surface area is 204 Å². The van der Waals surface area contributed by atoms with Crippen LogP contribution in [0, 0.1) is 0 Å². The molecule has 1 aliphatic heterocycles. The maximum atomic E-state index is 13.1. The largest absolute Gasteiger partial charge is 0.392 e. The number of imidazole rings is 2. The predicted octanol–water partition coefficient (Wildman–Crippen LogP) is 2.66. The normalized spacial score (nSPS) is 16.5. The van der Waals surface area contributed by atoms with E-state index in [9.17, 15) is 9.90 Å². The minimum Gasteiger partial charge on any atom is -0.392 e. The number of aliphatic hydroxyl groups excluding tert-OH is 1. The number of rotatable bonds is 5. The highest BCUT2D eigenvalue weighted by atomic mass is 32.1. The summed E-state index contributed by atoms with van der Waals surface area (Å²) >= 11 is 1.58. The molecule has 5 aromatic rings. The fourth-order valence-corrected chi connectivity index (χ4v) is 5.49. The molecule has 0 radical (unpaired) electrons. The average Bonchev–Trinajstić information content (AvgIpc) is 3.61. The first-order valence-corrected chi connectivity index (χ1v) is 12.3. The lowest BCUT2D eigenvalue weighted by Crippen LogP contribution is -2.54. The number of benzene rings is 1. The SMILES string of the molecule is C[C@@H]1CN(c2scnc2-c2nc3ccc(CO)cc3[nH]2)CCN1C(=O)Cn1cnc2cccnc21. The number of fused-ring (bicyclic) bond motifs is 2. The molecule has 1 aliphatic rings. The summed E-state index contributed by atoms with van der Waals surface area (Å²) in [6.45, 7) is 4.32. The number of aromatic nitrogens is 6. The van der Waals surface area contributed by atoms with Crippen molar-refractivity contribution in [3.8, 4) is 11.5 Å². The van der Waals surface area contributed by atoms with Gasteiger partial charge < -0.3 is 24.5 Å². The molecule has 1 amide bonds. The topological polar surface area (TPSA) is 116 Å². The van der Waals surface area contributed by atoms with Crippen LogP contribution >= 0.6 is 11.3 Å². The van der Waals surface area contributed by atoms with Crippen LogP contribution in [0.3, 0.4) is 0 Å². The zero-order valence-electron chi connectivity index (χ0n) is 19.1. The number of aromatic amines is 1. The van der Waals surface area contributed by atoms with Gasteiger partial charge >= 0.3 is 0 Å². The van der Waals surface area contributed by atoms with Gasteiger partial charge in [0, 0.05) is 31.9 Å². The Bertz CT molecular complexity index is 1520. The lowest BCUT2D eigenvalue weighted by molar-refractivity contribution is -0.134. The van der Waals surface area contributed by atoms with Crippen LogP contribution in [0.5, 0.6) is 0 Å². The van der Waals surface area contributed by atoms with Crippen LogP contribution in [-0.4, -0.2) is 71.1 Å². The van der Waals surface area contributed by atoms with Gasteiger partial charge in [0.1, 0.15) is 22.8 Å². The molecule has 1 aromatic carbocycles. The molecule has 0 bridgehead atoms. The second-order valence-corrected chi connectivity index (χ2v) is 9.54. The van der Waals surface area contributed by atoms with Crippen molar-refractivity contribution in [1.29, 1.82) is 0 Å². The summed E-state index contributed by atoms with van der Waals surface area (Å²) in [5.74, 6) is 0.764. The number of amides is 1. The van der Waals surface area contributed by atoms with E-state index in [1.807, 2.05) is 45.3 Å². The number of piperazine rings is 1. The van der Waals surface area contributed by atoms with Crippen LogP contribution in [0.15, 0.2) is 48.4 Å². The van der Waals surface area contributed by atoms with E-state index in [4.69, 9.17) is 4.98 Å². The second-order valence-electron chi connectivity index (χ2n) is 8.70. The number of carbonyl (C=O) groups excluding carboxylic acids is 1. The lowest BCUT2D eigenvalue weighted by atomic mass is 10.2. The molecule has 0 spiro atoms. The van der Waals surface area contributed by atoms with Gasteiger partial charge in [-0.2, -0.15) is 0 Å². The van der Waals surface area contributed by atoms with Gasteiger partial charge in [-0.15, -0.1) is 11.3 Å². The zero-order chi connectivity index (χ0) is 23.9. The second kappa shape index (κ2) is 8.75. The Morgan fingerprint density at radius 3 is 2.97 bits per heavy atom. The van der Waals surface area contributed by atoms with Crippen molar-refractivity contribution in [3.63, 3.8) is 0 Å². The Hall–Kier alpha value is -3.83. The van der Waals surface area contributed by atoms with Crippen molar-refractivity contribution < 1.29 is 9.90 Å². The van der Waals surface area contributed by atoms with Crippen LogP contribution in [0.2, 0.25) is 0 Å².